The molecule has 28 heavy (non-hydrogen) atoms. The molecule has 2 heterocycles. The lowest BCUT2D eigenvalue weighted by Crippen LogP contribution is -2.42. The van der Waals surface area contributed by atoms with Gasteiger partial charge in [0.15, 0.2) is 5.60 Å². The number of hydrogen-bond acceptors (Lipinski definition) is 5. The number of hydrogen-bond donors (Lipinski definition) is 0. The fraction of sp³-hybridized carbons (Fsp3) is 0.286. The molecule has 144 valence electrons. The number of aromatic nitrogens is 3. The molecule has 1 aliphatic rings. The summed E-state index contributed by atoms with van der Waals surface area (Å²) in [6, 6.07) is 17.5. The molecular weight excluding hydrogens is 376 g/mol. The van der Waals surface area contributed by atoms with Crippen molar-refractivity contribution in [1.29, 1.82) is 0 Å². The molecule has 7 heteroatoms. The van der Waals surface area contributed by atoms with E-state index in [0.29, 0.717) is 24.7 Å². The van der Waals surface area contributed by atoms with Crippen LogP contribution in [0.3, 0.4) is 0 Å². The molecule has 6 nitrogen and oxygen atoms in total. The maximum absolute atomic E-state index is 6.02. The smallest absolute Gasteiger partial charge is 0.160 e. The fourth-order valence-electron chi connectivity index (χ4n) is 3.27. The molecule has 3 aromatic rings. The fourth-order valence-corrected chi connectivity index (χ4v) is 3.40. The van der Waals surface area contributed by atoms with Gasteiger partial charge < -0.3 is 9.57 Å². The molecule has 2 aromatic carbocycles. The predicted molar refractivity (Wildman–Crippen MR) is 107 cm³/mol. The summed E-state index contributed by atoms with van der Waals surface area (Å²) < 4.78 is 7.74. The summed E-state index contributed by atoms with van der Waals surface area (Å²) in [6.45, 7) is 2.95. The van der Waals surface area contributed by atoms with E-state index < -0.39 is 5.60 Å². The molecule has 0 N–H and O–H groups in total. The summed E-state index contributed by atoms with van der Waals surface area (Å²) in [5, 5.41) is 9.46. The van der Waals surface area contributed by atoms with Crippen LogP contribution in [-0.4, -0.2) is 32.7 Å². The number of halogens is 1. The zero-order chi connectivity index (χ0) is 19.4. The first-order chi connectivity index (χ1) is 13.6. The van der Waals surface area contributed by atoms with Crippen LogP contribution in [0, 0.1) is 0 Å². The Hall–Kier alpha value is -2.70. The van der Waals surface area contributed by atoms with Crippen LogP contribution in [0.5, 0.6) is 0 Å². The highest BCUT2D eigenvalue weighted by atomic mass is 35.5. The van der Waals surface area contributed by atoms with E-state index in [1.165, 1.54) is 6.33 Å². The highest BCUT2D eigenvalue weighted by Crippen LogP contribution is 2.33. The van der Waals surface area contributed by atoms with Crippen molar-refractivity contribution in [1.82, 2.24) is 14.8 Å². The molecule has 1 aliphatic heterocycles. The van der Waals surface area contributed by atoms with E-state index in [9.17, 15) is 0 Å². The van der Waals surface area contributed by atoms with Crippen LogP contribution in [0.2, 0.25) is 5.02 Å². The van der Waals surface area contributed by atoms with Crippen molar-refractivity contribution in [2.75, 3.05) is 6.61 Å². The standard InChI is InChI=1S/C21H21ClN4O2/c1-21(13-27-12-16-5-3-2-4-6-16)11-19(26-15-23-14-24-26)20(25-28-21)17-7-9-18(22)10-8-17/h2-10,14-15,19H,11-13H2,1H3. The Morgan fingerprint density at radius 3 is 2.68 bits per heavy atom. The highest BCUT2D eigenvalue weighted by molar-refractivity contribution is 6.30. The van der Waals surface area contributed by atoms with Crippen LogP contribution in [0.15, 0.2) is 72.4 Å². The second-order valence-corrected chi connectivity index (χ2v) is 7.53. The number of benzene rings is 2. The summed E-state index contributed by atoms with van der Waals surface area (Å²) >= 11 is 6.02. The highest BCUT2D eigenvalue weighted by Gasteiger charge is 2.39. The Morgan fingerprint density at radius 2 is 1.96 bits per heavy atom. The number of rotatable bonds is 6. The average Bonchev–Trinajstić information content (AvgIpc) is 3.24. The SMILES string of the molecule is CC1(COCc2ccccc2)CC(n2cncn2)C(c2ccc(Cl)cc2)=NO1. The zero-order valence-corrected chi connectivity index (χ0v) is 16.3. The van der Waals surface area contributed by atoms with Gasteiger partial charge in [-0.05, 0) is 24.6 Å². The topological polar surface area (TPSA) is 61.5 Å². The van der Waals surface area contributed by atoms with Gasteiger partial charge in [-0.1, -0.05) is 59.2 Å². The minimum atomic E-state index is -0.568. The minimum absolute atomic E-state index is 0.109. The second-order valence-electron chi connectivity index (χ2n) is 7.10. The molecule has 0 spiro atoms. The van der Waals surface area contributed by atoms with E-state index >= 15 is 0 Å². The molecule has 0 saturated carbocycles. The van der Waals surface area contributed by atoms with Crippen LogP contribution in [0.4, 0.5) is 0 Å². The van der Waals surface area contributed by atoms with Crippen molar-refractivity contribution in [2.45, 2.75) is 31.6 Å². The van der Waals surface area contributed by atoms with Crippen LogP contribution in [-0.2, 0) is 16.2 Å². The summed E-state index contributed by atoms with van der Waals surface area (Å²) in [5.41, 5.74) is 2.29. The molecule has 0 fully saturated rings. The Labute approximate surface area is 168 Å². The third-order valence-corrected chi connectivity index (χ3v) is 4.97. The van der Waals surface area contributed by atoms with Crippen LogP contribution in [0.1, 0.15) is 30.5 Å². The zero-order valence-electron chi connectivity index (χ0n) is 15.5. The largest absolute Gasteiger partial charge is 0.387 e. The van der Waals surface area contributed by atoms with Gasteiger partial charge in [-0.25, -0.2) is 9.67 Å². The molecule has 0 aliphatic carbocycles. The first-order valence-electron chi connectivity index (χ1n) is 9.11. The van der Waals surface area contributed by atoms with Gasteiger partial charge in [0.25, 0.3) is 0 Å². The van der Waals surface area contributed by atoms with E-state index in [4.69, 9.17) is 21.2 Å². The summed E-state index contributed by atoms with van der Waals surface area (Å²) in [5.74, 6) is 0. The first-order valence-corrected chi connectivity index (χ1v) is 9.49. The Balaban J connectivity index is 1.52. The van der Waals surface area contributed by atoms with Gasteiger partial charge in [-0.3, -0.25) is 0 Å². The van der Waals surface area contributed by atoms with Crippen LogP contribution < -0.4 is 0 Å². The quantitative estimate of drug-likeness (QED) is 0.624. The molecule has 4 rings (SSSR count). The first kappa shape index (κ1) is 18.7. The van der Waals surface area contributed by atoms with Gasteiger partial charge in [-0.2, -0.15) is 5.10 Å². The van der Waals surface area contributed by atoms with E-state index in [-0.39, 0.29) is 6.04 Å². The van der Waals surface area contributed by atoms with Gasteiger partial charge >= 0.3 is 0 Å². The monoisotopic (exact) mass is 396 g/mol. The summed E-state index contributed by atoms with van der Waals surface area (Å²) in [7, 11) is 0. The average molecular weight is 397 g/mol. The lowest BCUT2D eigenvalue weighted by molar-refractivity contribution is -0.106. The van der Waals surface area contributed by atoms with Crippen LogP contribution >= 0.6 is 11.6 Å². The predicted octanol–water partition coefficient (Wildman–Crippen LogP) is 4.27. The Morgan fingerprint density at radius 1 is 1.18 bits per heavy atom. The lowest BCUT2D eigenvalue weighted by atomic mass is 9.90. The van der Waals surface area contributed by atoms with Crippen molar-refractivity contribution >= 4 is 17.3 Å². The third-order valence-electron chi connectivity index (χ3n) is 4.72. The maximum Gasteiger partial charge on any atom is 0.160 e. The number of oxime groups is 1. The van der Waals surface area contributed by atoms with E-state index in [1.54, 1.807) is 6.33 Å². The summed E-state index contributed by atoms with van der Waals surface area (Å²) in [6.07, 6.45) is 3.89. The number of ether oxygens (including phenoxy) is 1. The lowest BCUT2D eigenvalue weighted by Gasteiger charge is -2.35. The molecule has 2 atom stereocenters. The van der Waals surface area contributed by atoms with E-state index in [2.05, 4.69) is 15.2 Å². The van der Waals surface area contributed by atoms with E-state index in [0.717, 1.165) is 16.8 Å². The van der Waals surface area contributed by atoms with Crippen molar-refractivity contribution in [3.05, 3.63) is 83.4 Å². The Bertz CT molecular complexity index is 929. The molecule has 0 saturated heterocycles. The molecule has 2 unspecified atom stereocenters. The van der Waals surface area contributed by atoms with Gasteiger partial charge in [0.2, 0.25) is 0 Å². The van der Waals surface area contributed by atoms with Crippen molar-refractivity contribution in [3.8, 4) is 0 Å². The summed E-state index contributed by atoms with van der Waals surface area (Å²) in [4.78, 5) is 9.99. The second kappa shape index (κ2) is 8.12. The van der Waals surface area contributed by atoms with Gasteiger partial charge in [-0.15, -0.1) is 0 Å². The van der Waals surface area contributed by atoms with Crippen LogP contribution in [0.25, 0.3) is 0 Å². The van der Waals surface area contributed by atoms with Gasteiger partial charge in [0.05, 0.1) is 13.2 Å². The van der Waals surface area contributed by atoms with Gasteiger partial charge in [0.1, 0.15) is 24.4 Å². The molecule has 0 amide bonds. The van der Waals surface area contributed by atoms with E-state index in [1.807, 2.05) is 66.2 Å². The molecule has 1 aromatic heterocycles. The molecular formula is C21H21ClN4O2. The molecule has 0 radical (unpaired) electrons. The van der Waals surface area contributed by atoms with Crippen molar-refractivity contribution in [2.24, 2.45) is 5.16 Å². The number of nitrogens with zero attached hydrogens (tertiary/aromatic N) is 4. The third kappa shape index (κ3) is 4.24. The van der Waals surface area contributed by atoms with Gasteiger partial charge in [0, 0.05) is 17.0 Å². The normalized spacial score (nSPS) is 21.8. The minimum Gasteiger partial charge on any atom is -0.387 e. The van der Waals surface area contributed by atoms with Crippen molar-refractivity contribution in [3.63, 3.8) is 0 Å². The molecule has 0 bridgehead atoms. The Kier molecular flexibility index (Phi) is 5.41. The van der Waals surface area contributed by atoms with Crippen molar-refractivity contribution < 1.29 is 9.57 Å². The maximum atomic E-state index is 6.02.